The molecule has 11 rings (SSSR count). The van der Waals surface area contributed by atoms with Crippen molar-refractivity contribution in [1.29, 1.82) is 0 Å². The van der Waals surface area contributed by atoms with Crippen molar-refractivity contribution >= 4 is 34.1 Å². The molecule has 3 aliphatic carbocycles. The number of hydrogen-bond acceptors (Lipinski definition) is 2. The van der Waals surface area contributed by atoms with E-state index in [2.05, 4.69) is 218 Å². The van der Waals surface area contributed by atoms with Crippen molar-refractivity contribution in [3.63, 3.8) is 0 Å². The quantitative estimate of drug-likeness (QED) is 0.160. The zero-order valence-electron chi connectivity index (χ0n) is 33.2. The van der Waals surface area contributed by atoms with E-state index in [9.17, 15) is 0 Å². The van der Waals surface area contributed by atoms with E-state index in [4.69, 9.17) is 0 Å². The molecule has 3 aliphatic rings. The summed E-state index contributed by atoms with van der Waals surface area (Å²) in [4.78, 5) is 4.91. The van der Waals surface area contributed by atoms with E-state index in [-0.39, 0.29) is 10.8 Å². The molecule has 0 unspecified atom stereocenters. The van der Waals surface area contributed by atoms with E-state index < -0.39 is 0 Å². The number of aryl methyl sites for hydroxylation is 2. The molecular weight excluding hydrogens is 701 g/mol. The van der Waals surface area contributed by atoms with Gasteiger partial charge < -0.3 is 9.80 Å². The highest BCUT2D eigenvalue weighted by Gasteiger charge is 2.45. The number of nitrogens with zero attached hydrogens (tertiary/aromatic N) is 2. The lowest BCUT2D eigenvalue weighted by molar-refractivity contribution is 0.507. The largest absolute Gasteiger partial charge is 0.310 e. The van der Waals surface area contributed by atoms with Crippen molar-refractivity contribution in [3.8, 4) is 22.3 Å². The van der Waals surface area contributed by atoms with Crippen LogP contribution in [0, 0.1) is 0 Å². The van der Waals surface area contributed by atoms with E-state index in [0.29, 0.717) is 0 Å². The molecule has 0 aromatic heterocycles. The molecular formula is C56H46N2. The van der Waals surface area contributed by atoms with Crippen molar-refractivity contribution in [2.45, 2.75) is 50.4 Å². The highest BCUT2D eigenvalue weighted by molar-refractivity contribution is 5.86. The third kappa shape index (κ3) is 5.46. The van der Waals surface area contributed by atoms with Gasteiger partial charge in [0, 0.05) is 45.0 Å². The van der Waals surface area contributed by atoms with Crippen molar-refractivity contribution in [2.75, 3.05) is 9.80 Å². The molecule has 2 heteroatoms. The smallest absolute Gasteiger partial charge is 0.0465 e. The summed E-state index contributed by atoms with van der Waals surface area (Å²) in [5.41, 5.74) is 20.9. The van der Waals surface area contributed by atoms with Gasteiger partial charge >= 0.3 is 0 Å². The molecule has 1 spiro atoms. The van der Waals surface area contributed by atoms with E-state index in [0.717, 1.165) is 37.1 Å². The fourth-order valence-corrected chi connectivity index (χ4v) is 10.6. The first kappa shape index (κ1) is 34.6. The van der Waals surface area contributed by atoms with Gasteiger partial charge in [-0.3, -0.25) is 0 Å². The van der Waals surface area contributed by atoms with Crippen LogP contribution < -0.4 is 9.80 Å². The average Bonchev–Trinajstić information content (AvgIpc) is 3.91. The minimum Gasteiger partial charge on any atom is -0.310 e. The van der Waals surface area contributed by atoms with Crippen LogP contribution >= 0.6 is 0 Å². The second-order valence-electron chi connectivity index (χ2n) is 16.9. The molecule has 0 heterocycles. The van der Waals surface area contributed by atoms with Crippen LogP contribution in [-0.2, 0) is 23.7 Å². The summed E-state index contributed by atoms with van der Waals surface area (Å²) in [6.45, 7) is 4.75. The van der Waals surface area contributed by atoms with Crippen LogP contribution in [0.15, 0.2) is 194 Å². The first-order valence-electron chi connectivity index (χ1n) is 20.9. The third-order valence-corrected chi connectivity index (χ3v) is 13.5. The summed E-state index contributed by atoms with van der Waals surface area (Å²) in [7, 11) is 0. The summed E-state index contributed by atoms with van der Waals surface area (Å²) in [6, 6.07) is 72.1. The van der Waals surface area contributed by atoms with Gasteiger partial charge in [-0.15, -0.1) is 0 Å². The van der Waals surface area contributed by atoms with Gasteiger partial charge in [0.15, 0.2) is 0 Å². The fourth-order valence-electron chi connectivity index (χ4n) is 10.6. The van der Waals surface area contributed by atoms with Crippen LogP contribution in [0.3, 0.4) is 0 Å². The zero-order valence-corrected chi connectivity index (χ0v) is 33.2. The molecule has 0 fully saturated rings. The normalized spacial score (nSPS) is 16.7. The maximum absolute atomic E-state index is 2.54. The number of para-hydroxylation sites is 2. The lowest BCUT2D eigenvalue weighted by atomic mass is 9.76. The molecule has 0 N–H and O–H groups in total. The first-order chi connectivity index (χ1) is 28.5. The Morgan fingerprint density at radius 2 is 0.759 bits per heavy atom. The Labute approximate surface area is 342 Å². The Bertz CT molecular complexity index is 2800. The van der Waals surface area contributed by atoms with E-state index in [1.807, 2.05) is 0 Å². The molecule has 8 aromatic rings. The molecule has 0 radical (unpaired) electrons. The Balaban J connectivity index is 1.01. The molecule has 0 bridgehead atoms. The maximum Gasteiger partial charge on any atom is 0.0465 e. The molecule has 280 valence electrons. The van der Waals surface area contributed by atoms with Gasteiger partial charge in [0.25, 0.3) is 0 Å². The summed E-state index contributed by atoms with van der Waals surface area (Å²) >= 11 is 0. The number of fused-ring (bicyclic) bond motifs is 7. The second kappa shape index (κ2) is 13.5. The molecule has 0 amide bonds. The highest BCUT2D eigenvalue weighted by Crippen LogP contribution is 2.56. The van der Waals surface area contributed by atoms with Gasteiger partial charge in [0.1, 0.15) is 0 Å². The third-order valence-electron chi connectivity index (χ3n) is 13.5. The highest BCUT2D eigenvalue weighted by atomic mass is 15.1. The molecule has 1 atom stereocenters. The van der Waals surface area contributed by atoms with Crippen LogP contribution in [0.5, 0.6) is 0 Å². The number of hydrogen-bond donors (Lipinski definition) is 0. The van der Waals surface area contributed by atoms with Crippen LogP contribution in [-0.4, -0.2) is 0 Å². The molecule has 2 nitrogen and oxygen atoms in total. The Morgan fingerprint density at radius 1 is 0.345 bits per heavy atom. The van der Waals surface area contributed by atoms with Crippen LogP contribution in [0.25, 0.3) is 22.3 Å². The van der Waals surface area contributed by atoms with Crippen molar-refractivity contribution in [2.24, 2.45) is 0 Å². The van der Waals surface area contributed by atoms with Crippen molar-refractivity contribution in [3.05, 3.63) is 228 Å². The second-order valence-corrected chi connectivity index (χ2v) is 16.9. The summed E-state index contributed by atoms with van der Waals surface area (Å²) in [5.74, 6) is 0. The standard InChI is InChI=1S/C56H46N2/c1-55(2)51-21-13-12-20-49(51)50-31-30-48(38-54(50)55)58(44-18-10-5-11-19-44)47-29-25-42-33-35-56(53(42)37-47)34-32-41-24-28-46(36-52(41)56)57(43-16-8-4-9-17-43)45-26-22-40(23-27-45)39-14-6-3-7-15-39/h3-31,36-38H,32-35H2,1-2H3/t56-/m1/s1. The summed E-state index contributed by atoms with van der Waals surface area (Å²) in [6.07, 6.45) is 4.46. The number of benzene rings is 8. The fraction of sp³-hybridized carbons (Fsp3) is 0.143. The Hall–Kier alpha value is -6.64. The van der Waals surface area contributed by atoms with Gasteiger partial charge in [0.2, 0.25) is 0 Å². The lowest BCUT2D eigenvalue weighted by Crippen LogP contribution is -2.22. The van der Waals surface area contributed by atoms with Gasteiger partial charge in [-0.05, 0) is 154 Å². The minimum atomic E-state index is -0.0743. The van der Waals surface area contributed by atoms with Gasteiger partial charge in [-0.25, -0.2) is 0 Å². The molecule has 58 heavy (non-hydrogen) atoms. The summed E-state index contributed by atoms with van der Waals surface area (Å²) in [5, 5.41) is 0. The van der Waals surface area contributed by atoms with E-state index in [1.54, 1.807) is 0 Å². The van der Waals surface area contributed by atoms with Crippen LogP contribution in [0.1, 0.15) is 60.1 Å². The first-order valence-corrected chi connectivity index (χ1v) is 20.9. The summed E-state index contributed by atoms with van der Waals surface area (Å²) < 4.78 is 0. The molecule has 0 saturated heterocycles. The SMILES string of the molecule is CC1(C)c2ccccc2-c2ccc(N(c3ccccc3)c3ccc4c(c3)[C@]3(CCc5ccc(N(c6ccccc6)c6ccc(-c7ccccc7)cc6)cc53)CC4)cc21. The minimum absolute atomic E-state index is 0.0276. The Morgan fingerprint density at radius 3 is 1.34 bits per heavy atom. The zero-order chi connectivity index (χ0) is 38.8. The molecule has 8 aromatic carbocycles. The van der Waals surface area contributed by atoms with Crippen LogP contribution in [0.4, 0.5) is 34.1 Å². The maximum atomic E-state index is 2.54. The van der Waals surface area contributed by atoms with Gasteiger partial charge in [-0.1, -0.05) is 135 Å². The topological polar surface area (TPSA) is 6.48 Å². The average molecular weight is 747 g/mol. The Kier molecular flexibility index (Phi) is 8.05. The van der Waals surface area contributed by atoms with Crippen LogP contribution in [0.2, 0.25) is 0 Å². The lowest BCUT2D eigenvalue weighted by Gasteiger charge is -2.32. The van der Waals surface area contributed by atoms with Gasteiger partial charge in [-0.2, -0.15) is 0 Å². The molecule has 0 aliphatic heterocycles. The number of anilines is 6. The molecule has 0 saturated carbocycles. The van der Waals surface area contributed by atoms with E-state index >= 15 is 0 Å². The van der Waals surface area contributed by atoms with E-state index in [1.165, 1.54) is 78.4 Å². The van der Waals surface area contributed by atoms with Crippen molar-refractivity contribution < 1.29 is 0 Å². The predicted molar refractivity (Wildman–Crippen MR) is 243 cm³/mol. The predicted octanol–water partition coefficient (Wildman–Crippen LogP) is 14.8. The number of rotatable bonds is 7. The monoisotopic (exact) mass is 746 g/mol. The van der Waals surface area contributed by atoms with Crippen molar-refractivity contribution in [1.82, 2.24) is 0 Å². The van der Waals surface area contributed by atoms with Gasteiger partial charge in [0.05, 0.1) is 0 Å².